The molecule has 1 aliphatic heterocycles. The summed E-state index contributed by atoms with van der Waals surface area (Å²) in [5.41, 5.74) is 3.83. The first kappa shape index (κ1) is 16.7. The molecule has 0 saturated carbocycles. The highest BCUT2D eigenvalue weighted by molar-refractivity contribution is 6.47. The minimum Gasteiger partial charge on any atom is -0.266 e. The van der Waals surface area contributed by atoms with Gasteiger partial charge in [-0.3, -0.25) is 4.89 Å². The molecule has 0 atom stereocenters. The maximum Gasteiger partial charge on any atom is 0.198 e. The van der Waals surface area contributed by atoms with Gasteiger partial charge in [-0.2, -0.15) is 4.99 Å². The lowest BCUT2D eigenvalue weighted by Gasteiger charge is -2.20. The Bertz CT molecular complexity index is 999. The van der Waals surface area contributed by atoms with Gasteiger partial charge in [-0.25, -0.2) is 0 Å². The first-order chi connectivity index (χ1) is 12.8. The lowest BCUT2D eigenvalue weighted by molar-refractivity contribution is -0.236. The van der Waals surface area contributed by atoms with Gasteiger partial charge in [-0.1, -0.05) is 96.0 Å². The van der Waals surface area contributed by atoms with Crippen molar-refractivity contribution in [3.8, 4) is 0 Å². The van der Waals surface area contributed by atoms with Crippen molar-refractivity contribution in [1.29, 1.82) is 0 Å². The standard InChI is InChI=1S/C21H13Cl2NO2/c22-17-13-7-12-16(19(17)23)20-18(14-8-3-1-4-9-14)21(25-26-24-20)15-10-5-2-6-11-15/h1-13H. The van der Waals surface area contributed by atoms with E-state index in [0.717, 1.165) is 16.7 Å². The van der Waals surface area contributed by atoms with Crippen LogP contribution in [-0.2, 0) is 9.88 Å². The maximum absolute atomic E-state index is 6.44. The normalized spacial score (nSPS) is 13.7. The SMILES string of the molecule is Clc1cccc(C2=NOOC(c3ccccc3)=C2c2ccccc2)c1Cl. The van der Waals surface area contributed by atoms with Crippen molar-refractivity contribution in [3.05, 3.63) is 106 Å². The molecule has 0 spiro atoms. The molecule has 5 heteroatoms. The van der Waals surface area contributed by atoms with Gasteiger partial charge in [0.05, 0.1) is 15.6 Å². The van der Waals surface area contributed by atoms with E-state index in [-0.39, 0.29) is 0 Å². The molecule has 4 rings (SSSR count). The molecule has 128 valence electrons. The first-order valence-corrected chi connectivity index (χ1v) is 8.73. The maximum atomic E-state index is 6.44. The van der Waals surface area contributed by atoms with E-state index in [4.69, 9.17) is 33.1 Å². The summed E-state index contributed by atoms with van der Waals surface area (Å²) in [7, 11) is 0. The Morgan fingerprint density at radius 3 is 2.04 bits per heavy atom. The zero-order chi connectivity index (χ0) is 17.9. The third kappa shape index (κ3) is 3.07. The number of nitrogens with zero attached hydrogens (tertiary/aromatic N) is 1. The number of hydrogen-bond acceptors (Lipinski definition) is 3. The Balaban J connectivity index is 1.98. The molecule has 0 saturated heterocycles. The molecule has 0 bridgehead atoms. The highest BCUT2D eigenvalue weighted by atomic mass is 35.5. The first-order valence-electron chi connectivity index (χ1n) is 7.97. The van der Waals surface area contributed by atoms with Crippen LogP contribution in [0, 0.1) is 0 Å². The number of rotatable bonds is 3. The van der Waals surface area contributed by atoms with Crippen molar-refractivity contribution < 1.29 is 9.88 Å². The van der Waals surface area contributed by atoms with E-state index in [1.807, 2.05) is 72.8 Å². The molecule has 1 aliphatic rings. The zero-order valence-corrected chi connectivity index (χ0v) is 15.0. The Hall–Kier alpha value is -2.75. The van der Waals surface area contributed by atoms with Crippen LogP contribution in [0.3, 0.4) is 0 Å². The van der Waals surface area contributed by atoms with Gasteiger partial charge >= 0.3 is 0 Å². The quantitative estimate of drug-likeness (QED) is 0.503. The number of allylic oxidation sites excluding steroid dienone is 1. The average molecular weight is 382 g/mol. The predicted molar refractivity (Wildman–Crippen MR) is 105 cm³/mol. The van der Waals surface area contributed by atoms with Gasteiger partial charge in [0.15, 0.2) is 5.76 Å². The van der Waals surface area contributed by atoms with E-state index in [1.54, 1.807) is 6.07 Å². The fourth-order valence-electron chi connectivity index (χ4n) is 2.81. The predicted octanol–water partition coefficient (Wildman–Crippen LogP) is 6.23. The Kier molecular flexibility index (Phi) is 4.65. The molecule has 0 fully saturated rings. The highest BCUT2D eigenvalue weighted by Crippen LogP contribution is 2.37. The summed E-state index contributed by atoms with van der Waals surface area (Å²) in [6.45, 7) is 0. The molecule has 3 nitrogen and oxygen atoms in total. The van der Waals surface area contributed by atoms with Crippen molar-refractivity contribution in [3.63, 3.8) is 0 Å². The number of hydrogen-bond donors (Lipinski definition) is 0. The third-order valence-electron chi connectivity index (χ3n) is 4.02. The lowest BCUT2D eigenvalue weighted by atomic mass is 9.92. The molecule has 26 heavy (non-hydrogen) atoms. The van der Waals surface area contributed by atoms with E-state index in [0.29, 0.717) is 27.1 Å². The Morgan fingerprint density at radius 2 is 1.35 bits per heavy atom. The minimum absolute atomic E-state index is 0.416. The van der Waals surface area contributed by atoms with Crippen LogP contribution in [-0.4, -0.2) is 5.71 Å². The van der Waals surface area contributed by atoms with Crippen molar-refractivity contribution in [2.24, 2.45) is 5.16 Å². The number of halogens is 2. The van der Waals surface area contributed by atoms with Crippen LogP contribution in [0.5, 0.6) is 0 Å². The van der Waals surface area contributed by atoms with Gasteiger partial charge < -0.3 is 0 Å². The van der Waals surface area contributed by atoms with Crippen LogP contribution in [0.15, 0.2) is 84.0 Å². The summed E-state index contributed by atoms with van der Waals surface area (Å²) in [6, 6.07) is 25.0. The molecule has 0 radical (unpaired) electrons. The van der Waals surface area contributed by atoms with Crippen molar-refractivity contribution in [2.45, 2.75) is 0 Å². The van der Waals surface area contributed by atoms with E-state index in [1.165, 1.54) is 0 Å². The van der Waals surface area contributed by atoms with Crippen LogP contribution in [0.2, 0.25) is 10.0 Å². The molecule has 3 aromatic rings. The molecule has 0 aromatic heterocycles. The van der Waals surface area contributed by atoms with Crippen LogP contribution in [0.1, 0.15) is 16.7 Å². The Labute approximate surface area is 161 Å². The molecule has 1 heterocycles. The van der Waals surface area contributed by atoms with Gasteiger partial charge in [0, 0.05) is 11.1 Å². The van der Waals surface area contributed by atoms with Gasteiger partial charge in [-0.05, 0) is 16.8 Å². The number of benzene rings is 3. The van der Waals surface area contributed by atoms with Gasteiger partial charge in [0.25, 0.3) is 0 Å². The van der Waals surface area contributed by atoms with Crippen LogP contribution < -0.4 is 0 Å². The summed E-state index contributed by atoms with van der Waals surface area (Å²) < 4.78 is 0. The minimum atomic E-state index is 0.416. The summed E-state index contributed by atoms with van der Waals surface area (Å²) in [5.74, 6) is 0.567. The second-order valence-corrected chi connectivity index (χ2v) is 6.42. The molecule has 0 aliphatic carbocycles. The van der Waals surface area contributed by atoms with Crippen LogP contribution in [0.4, 0.5) is 0 Å². The van der Waals surface area contributed by atoms with Crippen molar-refractivity contribution >= 4 is 40.2 Å². The number of oxime groups is 1. The van der Waals surface area contributed by atoms with E-state index in [2.05, 4.69) is 5.16 Å². The summed E-state index contributed by atoms with van der Waals surface area (Å²) in [6.07, 6.45) is 0. The molecule has 3 aromatic carbocycles. The van der Waals surface area contributed by atoms with Gasteiger partial charge in [0.2, 0.25) is 0 Å². The smallest absolute Gasteiger partial charge is 0.198 e. The second-order valence-electron chi connectivity index (χ2n) is 5.64. The third-order valence-corrected chi connectivity index (χ3v) is 4.84. The van der Waals surface area contributed by atoms with Crippen LogP contribution in [0.25, 0.3) is 11.3 Å². The lowest BCUT2D eigenvalue weighted by Crippen LogP contribution is -2.14. The van der Waals surface area contributed by atoms with E-state index >= 15 is 0 Å². The summed E-state index contributed by atoms with van der Waals surface area (Å²) >= 11 is 12.6. The molecular weight excluding hydrogens is 369 g/mol. The topological polar surface area (TPSA) is 30.8 Å². The molecule has 0 amide bonds. The molecular formula is C21H13Cl2NO2. The second kappa shape index (κ2) is 7.24. The molecule has 0 unspecified atom stereocenters. The fraction of sp³-hybridized carbons (Fsp3) is 0. The van der Waals surface area contributed by atoms with E-state index in [9.17, 15) is 0 Å². The van der Waals surface area contributed by atoms with Crippen LogP contribution >= 0.6 is 23.2 Å². The van der Waals surface area contributed by atoms with Gasteiger partial charge in [0.1, 0.15) is 5.71 Å². The van der Waals surface area contributed by atoms with Gasteiger partial charge in [-0.15, -0.1) is 0 Å². The average Bonchev–Trinajstić information content (AvgIpc) is 2.71. The Morgan fingerprint density at radius 1 is 0.692 bits per heavy atom. The monoisotopic (exact) mass is 381 g/mol. The van der Waals surface area contributed by atoms with Crippen molar-refractivity contribution in [2.75, 3.05) is 0 Å². The van der Waals surface area contributed by atoms with Crippen molar-refractivity contribution in [1.82, 2.24) is 0 Å². The zero-order valence-electron chi connectivity index (χ0n) is 13.5. The van der Waals surface area contributed by atoms with E-state index < -0.39 is 0 Å². The summed E-state index contributed by atoms with van der Waals surface area (Å²) in [4.78, 5) is 10.5. The highest BCUT2D eigenvalue weighted by Gasteiger charge is 2.27. The fourth-order valence-corrected chi connectivity index (χ4v) is 3.20. The molecule has 0 N–H and O–H groups in total. The summed E-state index contributed by atoms with van der Waals surface area (Å²) in [5, 5.41) is 5.00. The largest absolute Gasteiger partial charge is 0.266 e.